The fraction of sp³-hybridized carbons (Fsp3) is 0.0769. The Balaban J connectivity index is 2.04. The molecule has 2 rings (SSSR count). The van der Waals surface area contributed by atoms with Gasteiger partial charge in [0.1, 0.15) is 0 Å². The van der Waals surface area contributed by atoms with Crippen molar-refractivity contribution in [1.82, 2.24) is 0 Å². The SMILES string of the molecule is Nc1cc(Cl)ccc1CSc1ccc(Br)cc1. The highest BCUT2D eigenvalue weighted by Gasteiger charge is 2.01. The highest BCUT2D eigenvalue weighted by atomic mass is 79.9. The quantitative estimate of drug-likeness (QED) is 0.635. The molecule has 0 aliphatic heterocycles. The number of thioether (sulfide) groups is 1. The Morgan fingerprint density at radius 2 is 1.82 bits per heavy atom. The number of benzene rings is 2. The van der Waals surface area contributed by atoms with E-state index >= 15 is 0 Å². The van der Waals surface area contributed by atoms with Gasteiger partial charge in [0.2, 0.25) is 0 Å². The first-order valence-electron chi connectivity index (χ1n) is 5.07. The van der Waals surface area contributed by atoms with Crippen LogP contribution in [0.4, 0.5) is 5.69 Å². The van der Waals surface area contributed by atoms with Crippen molar-refractivity contribution >= 4 is 45.0 Å². The zero-order valence-corrected chi connectivity index (χ0v) is 12.1. The summed E-state index contributed by atoms with van der Waals surface area (Å²) < 4.78 is 1.09. The van der Waals surface area contributed by atoms with Crippen LogP contribution in [0.5, 0.6) is 0 Å². The molecule has 1 nitrogen and oxygen atoms in total. The van der Waals surface area contributed by atoms with E-state index in [1.165, 1.54) is 4.90 Å². The van der Waals surface area contributed by atoms with Crippen LogP contribution in [0.25, 0.3) is 0 Å². The molecule has 0 bridgehead atoms. The number of rotatable bonds is 3. The number of nitrogens with two attached hydrogens (primary N) is 1. The van der Waals surface area contributed by atoms with Crippen LogP contribution in [0.2, 0.25) is 5.02 Å². The van der Waals surface area contributed by atoms with Crippen molar-refractivity contribution < 1.29 is 0 Å². The highest BCUT2D eigenvalue weighted by Crippen LogP contribution is 2.27. The summed E-state index contributed by atoms with van der Waals surface area (Å²) in [7, 11) is 0. The molecule has 0 heterocycles. The van der Waals surface area contributed by atoms with E-state index in [9.17, 15) is 0 Å². The smallest absolute Gasteiger partial charge is 0.0426 e. The van der Waals surface area contributed by atoms with Gasteiger partial charge in [0, 0.05) is 25.8 Å². The lowest BCUT2D eigenvalue weighted by Crippen LogP contribution is -1.92. The molecule has 0 saturated heterocycles. The van der Waals surface area contributed by atoms with Gasteiger partial charge in [-0.2, -0.15) is 0 Å². The molecule has 2 N–H and O–H groups in total. The molecule has 0 radical (unpaired) electrons. The third-order valence-electron chi connectivity index (χ3n) is 2.32. The van der Waals surface area contributed by atoms with E-state index < -0.39 is 0 Å². The average Bonchev–Trinajstić information content (AvgIpc) is 2.30. The first-order chi connectivity index (χ1) is 8.15. The Hall–Kier alpha value is -0.640. The maximum Gasteiger partial charge on any atom is 0.0426 e. The summed E-state index contributed by atoms with van der Waals surface area (Å²) in [5.74, 6) is 0.852. The highest BCUT2D eigenvalue weighted by molar-refractivity contribution is 9.10. The Bertz CT molecular complexity index is 513. The van der Waals surface area contributed by atoms with Gasteiger partial charge in [0.25, 0.3) is 0 Å². The van der Waals surface area contributed by atoms with Crippen molar-refractivity contribution in [3.05, 3.63) is 57.5 Å². The molecular weight excluding hydrogens is 318 g/mol. The van der Waals surface area contributed by atoms with Gasteiger partial charge in [-0.3, -0.25) is 0 Å². The molecule has 0 amide bonds. The van der Waals surface area contributed by atoms with Crippen LogP contribution < -0.4 is 5.73 Å². The zero-order valence-electron chi connectivity index (χ0n) is 8.99. The molecule has 0 saturated carbocycles. The Labute approximate surface area is 118 Å². The minimum atomic E-state index is 0.680. The van der Waals surface area contributed by atoms with Gasteiger partial charge in [0.15, 0.2) is 0 Å². The molecule has 88 valence electrons. The number of hydrogen-bond acceptors (Lipinski definition) is 2. The second-order valence-corrected chi connectivity index (χ2v) is 5.99. The number of halogens is 2. The van der Waals surface area contributed by atoms with Crippen molar-refractivity contribution in [2.24, 2.45) is 0 Å². The van der Waals surface area contributed by atoms with E-state index in [4.69, 9.17) is 17.3 Å². The lowest BCUT2D eigenvalue weighted by Gasteiger charge is -2.06. The first-order valence-corrected chi connectivity index (χ1v) is 7.23. The van der Waals surface area contributed by atoms with E-state index in [1.807, 2.05) is 24.3 Å². The summed E-state index contributed by atoms with van der Waals surface area (Å²) in [5.41, 5.74) is 7.77. The van der Waals surface area contributed by atoms with Gasteiger partial charge in [-0.05, 0) is 42.0 Å². The van der Waals surface area contributed by atoms with Crippen molar-refractivity contribution in [2.45, 2.75) is 10.6 Å². The van der Waals surface area contributed by atoms with Crippen LogP contribution in [0.15, 0.2) is 51.8 Å². The van der Waals surface area contributed by atoms with Crippen LogP contribution in [0, 0.1) is 0 Å². The first kappa shape index (κ1) is 12.8. The maximum absolute atomic E-state index is 5.90. The monoisotopic (exact) mass is 327 g/mol. The summed E-state index contributed by atoms with van der Waals surface area (Å²) in [4.78, 5) is 1.22. The van der Waals surface area contributed by atoms with E-state index in [2.05, 4.69) is 28.1 Å². The van der Waals surface area contributed by atoms with Crippen molar-refractivity contribution in [3.63, 3.8) is 0 Å². The normalized spacial score (nSPS) is 10.5. The minimum absolute atomic E-state index is 0.680. The van der Waals surface area contributed by atoms with Crippen LogP contribution in [0.1, 0.15) is 5.56 Å². The predicted molar refractivity (Wildman–Crippen MR) is 79.6 cm³/mol. The van der Waals surface area contributed by atoms with Gasteiger partial charge < -0.3 is 5.73 Å². The number of nitrogen functional groups attached to an aromatic ring is 1. The molecule has 0 aromatic heterocycles. The molecule has 0 aliphatic carbocycles. The second kappa shape index (κ2) is 5.80. The molecular formula is C13H11BrClNS. The minimum Gasteiger partial charge on any atom is -0.398 e. The third-order valence-corrected chi connectivity index (χ3v) is 4.14. The van der Waals surface area contributed by atoms with E-state index in [0.29, 0.717) is 5.02 Å². The third kappa shape index (κ3) is 3.66. The molecule has 0 fully saturated rings. The van der Waals surface area contributed by atoms with Crippen molar-refractivity contribution in [1.29, 1.82) is 0 Å². The summed E-state index contributed by atoms with van der Waals surface area (Å²) in [6.45, 7) is 0. The lowest BCUT2D eigenvalue weighted by atomic mass is 10.2. The van der Waals surface area contributed by atoms with Crippen molar-refractivity contribution in [2.75, 3.05) is 5.73 Å². The average molecular weight is 329 g/mol. The molecule has 0 aliphatic rings. The molecule has 2 aromatic carbocycles. The Morgan fingerprint density at radius 1 is 1.12 bits per heavy atom. The van der Waals surface area contributed by atoms with Gasteiger partial charge in [-0.25, -0.2) is 0 Å². The van der Waals surface area contributed by atoms with Gasteiger partial charge >= 0.3 is 0 Å². The van der Waals surface area contributed by atoms with Gasteiger partial charge in [-0.1, -0.05) is 33.6 Å². The summed E-state index contributed by atoms with van der Waals surface area (Å²) in [5, 5.41) is 0.680. The number of anilines is 1. The lowest BCUT2D eigenvalue weighted by molar-refractivity contribution is 1.38. The van der Waals surface area contributed by atoms with E-state index in [0.717, 1.165) is 21.5 Å². The molecule has 2 aromatic rings. The van der Waals surface area contributed by atoms with E-state index in [1.54, 1.807) is 17.8 Å². The van der Waals surface area contributed by atoms with Crippen molar-refractivity contribution in [3.8, 4) is 0 Å². The number of hydrogen-bond donors (Lipinski definition) is 1. The van der Waals surface area contributed by atoms with Gasteiger partial charge in [-0.15, -0.1) is 11.8 Å². The van der Waals surface area contributed by atoms with Crippen LogP contribution in [-0.2, 0) is 5.75 Å². The molecule has 0 spiro atoms. The summed E-state index contributed by atoms with van der Waals surface area (Å²) >= 11 is 11.0. The summed E-state index contributed by atoms with van der Waals surface area (Å²) in [6.07, 6.45) is 0. The van der Waals surface area contributed by atoms with Crippen LogP contribution >= 0.6 is 39.3 Å². The van der Waals surface area contributed by atoms with E-state index in [-0.39, 0.29) is 0 Å². The summed E-state index contributed by atoms with van der Waals surface area (Å²) in [6, 6.07) is 13.9. The molecule has 0 atom stereocenters. The Morgan fingerprint density at radius 3 is 2.47 bits per heavy atom. The maximum atomic E-state index is 5.90. The fourth-order valence-corrected chi connectivity index (χ4v) is 2.75. The predicted octanol–water partition coefficient (Wildman–Crippen LogP) is 4.98. The largest absolute Gasteiger partial charge is 0.398 e. The van der Waals surface area contributed by atoms with Crippen LogP contribution in [-0.4, -0.2) is 0 Å². The van der Waals surface area contributed by atoms with Crippen LogP contribution in [0.3, 0.4) is 0 Å². The second-order valence-electron chi connectivity index (χ2n) is 3.59. The molecule has 4 heteroatoms. The standard InChI is InChI=1S/C13H11BrClNS/c14-10-2-5-12(6-3-10)17-8-9-1-4-11(15)7-13(9)16/h1-7H,8,16H2. The van der Waals surface area contributed by atoms with Gasteiger partial charge in [0.05, 0.1) is 0 Å². The molecule has 0 unspecified atom stereocenters. The molecule has 17 heavy (non-hydrogen) atoms. The Kier molecular flexibility index (Phi) is 4.37. The zero-order chi connectivity index (χ0) is 12.3. The fourth-order valence-electron chi connectivity index (χ4n) is 1.39. The topological polar surface area (TPSA) is 26.0 Å².